The first-order valence-corrected chi connectivity index (χ1v) is 5.69. The second-order valence-electron chi connectivity index (χ2n) is 3.70. The number of hydrogen-bond donors (Lipinski definition) is 0. The van der Waals surface area contributed by atoms with Crippen molar-refractivity contribution in [1.29, 1.82) is 0 Å². The van der Waals surface area contributed by atoms with Crippen LogP contribution in [0.4, 0.5) is 0 Å². The smallest absolute Gasteiger partial charge is 0.231 e. The fourth-order valence-corrected chi connectivity index (χ4v) is 2.39. The number of rotatable bonds is 2. The Bertz CT molecular complexity index is 413. The monoisotopic (exact) mass is 224 g/mol. The van der Waals surface area contributed by atoms with Crippen LogP contribution in [0, 0.1) is 6.92 Å². The van der Waals surface area contributed by atoms with E-state index < -0.39 is 0 Å². The van der Waals surface area contributed by atoms with Crippen molar-refractivity contribution in [2.45, 2.75) is 26.3 Å². The first-order valence-electron chi connectivity index (χ1n) is 4.81. The Morgan fingerprint density at radius 3 is 2.73 bits per heavy atom. The summed E-state index contributed by atoms with van der Waals surface area (Å²) in [6.45, 7) is 4.07. The van der Waals surface area contributed by atoms with Gasteiger partial charge in [0, 0.05) is 5.38 Å². The van der Waals surface area contributed by atoms with E-state index in [-0.39, 0.29) is 30.7 Å². The molecule has 0 radical (unpaired) electrons. The normalized spacial score (nSPS) is 18.7. The number of Topliss-reactive ketones (excluding diaryl/α,β-unsaturated/α-hetero) is 1. The molecule has 1 unspecified atom stereocenters. The van der Waals surface area contributed by atoms with Crippen molar-refractivity contribution in [1.82, 2.24) is 9.88 Å². The third-order valence-electron chi connectivity index (χ3n) is 2.55. The third-order valence-corrected chi connectivity index (χ3v) is 3.34. The van der Waals surface area contributed by atoms with Gasteiger partial charge in [0.15, 0.2) is 5.78 Å². The fraction of sp³-hybridized carbons (Fsp3) is 0.500. The summed E-state index contributed by atoms with van der Waals surface area (Å²) in [4.78, 5) is 28.5. The molecule has 2 rings (SSSR count). The number of hydrogen-bond acceptors (Lipinski definition) is 4. The molecule has 1 atom stereocenters. The van der Waals surface area contributed by atoms with Crippen molar-refractivity contribution in [3.8, 4) is 0 Å². The molecule has 1 fully saturated rings. The summed E-state index contributed by atoms with van der Waals surface area (Å²) in [5.41, 5.74) is 0.876. The van der Waals surface area contributed by atoms with Gasteiger partial charge in [-0.2, -0.15) is 0 Å². The van der Waals surface area contributed by atoms with Gasteiger partial charge in [0.25, 0.3) is 0 Å². The highest BCUT2D eigenvalue weighted by molar-refractivity contribution is 7.09. The number of amides is 1. The zero-order chi connectivity index (χ0) is 11.0. The predicted octanol–water partition coefficient (Wildman–Crippen LogP) is 1.31. The van der Waals surface area contributed by atoms with Crippen LogP contribution in [0.15, 0.2) is 5.38 Å². The first kappa shape index (κ1) is 10.3. The molecule has 0 spiro atoms. The molecule has 1 aromatic rings. The van der Waals surface area contributed by atoms with Gasteiger partial charge in [-0.05, 0) is 13.8 Å². The second kappa shape index (κ2) is 3.73. The molecule has 1 aliphatic rings. The summed E-state index contributed by atoms with van der Waals surface area (Å²) in [6.07, 6.45) is 0.0491. The quantitative estimate of drug-likeness (QED) is 0.712. The molecule has 1 aromatic heterocycles. The van der Waals surface area contributed by atoms with Crippen molar-refractivity contribution in [3.63, 3.8) is 0 Å². The molecule has 1 saturated heterocycles. The molecule has 1 aliphatic heterocycles. The SMILES string of the molecule is Cc1nc(C(C)N2CC(=O)CC2=O)cs1. The van der Waals surface area contributed by atoms with Crippen LogP contribution in [0.5, 0.6) is 0 Å². The molecule has 0 bridgehead atoms. The second-order valence-corrected chi connectivity index (χ2v) is 4.77. The van der Waals surface area contributed by atoms with Crippen LogP contribution in [-0.2, 0) is 9.59 Å². The van der Waals surface area contributed by atoms with Crippen molar-refractivity contribution in [2.75, 3.05) is 6.54 Å². The van der Waals surface area contributed by atoms with Crippen LogP contribution >= 0.6 is 11.3 Å². The third kappa shape index (κ3) is 1.92. The van der Waals surface area contributed by atoms with Gasteiger partial charge in [-0.3, -0.25) is 9.59 Å². The van der Waals surface area contributed by atoms with E-state index in [9.17, 15) is 9.59 Å². The van der Waals surface area contributed by atoms with Gasteiger partial charge >= 0.3 is 0 Å². The lowest BCUT2D eigenvalue weighted by atomic mass is 10.2. The van der Waals surface area contributed by atoms with E-state index in [1.54, 1.807) is 16.2 Å². The highest BCUT2D eigenvalue weighted by atomic mass is 32.1. The predicted molar refractivity (Wildman–Crippen MR) is 56.6 cm³/mol. The summed E-state index contributed by atoms with van der Waals surface area (Å²) in [5.74, 6) is -0.0862. The van der Waals surface area contributed by atoms with Gasteiger partial charge in [0.05, 0.1) is 29.7 Å². The van der Waals surface area contributed by atoms with Crippen LogP contribution in [0.1, 0.15) is 30.1 Å². The van der Waals surface area contributed by atoms with Gasteiger partial charge in [0.1, 0.15) is 0 Å². The average molecular weight is 224 g/mol. The molecule has 15 heavy (non-hydrogen) atoms. The Morgan fingerprint density at radius 1 is 1.53 bits per heavy atom. The molecular weight excluding hydrogens is 212 g/mol. The number of ketones is 1. The summed E-state index contributed by atoms with van der Waals surface area (Å²) < 4.78 is 0. The molecular formula is C10H12N2O2S. The van der Waals surface area contributed by atoms with Crippen LogP contribution < -0.4 is 0 Å². The molecule has 0 saturated carbocycles. The van der Waals surface area contributed by atoms with Gasteiger partial charge in [-0.1, -0.05) is 0 Å². The maximum atomic E-state index is 11.5. The molecule has 0 aromatic carbocycles. The minimum absolute atomic E-state index is 0.00111. The lowest BCUT2D eigenvalue weighted by Gasteiger charge is -2.21. The molecule has 1 amide bonds. The molecule has 4 nitrogen and oxygen atoms in total. The van der Waals surface area contributed by atoms with Crippen LogP contribution in [-0.4, -0.2) is 28.1 Å². The Labute approximate surface area is 91.9 Å². The maximum absolute atomic E-state index is 11.5. The summed E-state index contributed by atoms with van der Waals surface area (Å²) in [5, 5.41) is 2.92. The summed E-state index contributed by atoms with van der Waals surface area (Å²) in [6, 6.07) is -0.0890. The van der Waals surface area contributed by atoms with E-state index >= 15 is 0 Å². The lowest BCUT2D eigenvalue weighted by Crippen LogP contribution is -2.28. The Hall–Kier alpha value is -1.23. The molecule has 0 aliphatic carbocycles. The number of likely N-dealkylation sites (tertiary alicyclic amines) is 1. The van der Waals surface area contributed by atoms with E-state index in [0.717, 1.165) is 10.7 Å². The van der Waals surface area contributed by atoms with E-state index in [1.165, 1.54) is 0 Å². The van der Waals surface area contributed by atoms with E-state index in [0.29, 0.717) is 0 Å². The Kier molecular flexibility index (Phi) is 2.56. The van der Waals surface area contributed by atoms with E-state index in [1.807, 2.05) is 19.2 Å². The Balaban J connectivity index is 2.18. The lowest BCUT2D eigenvalue weighted by molar-refractivity contribution is -0.129. The number of nitrogens with zero attached hydrogens (tertiary/aromatic N) is 2. The maximum Gasteiger partial charge on any atom is 0.231 e. The number of aryl methyl sites for hydroxylation is 1. The number of aromatic nitrogens is 1. The summed E-state index contributed by atoms with van der Waals surface area (Å²) in [7, 11) is 0. The fourth-order valence-electron chi connectivity index (χ4n) is 1.69. The number of carbonyl (C=O) groups excluding carboxylic acids is 2. The molecule has 0 N–H and O–H groups in total. The van der Waals surface area contributed by atoms with Crippen molar-refractivity contribution in [3.05, 3.63) is 16.1 Å². The highest BCUT2D eigenvalue weighted by Gasteiger charge is 2.32. The Morgan fingerprint density at radius 2 is 2.27 bits per heavy atom. The largest absolute Gasteiger partial charge is 0.327 e. The molecule has 5 heteroatoms. The highest BCUT2D eigenvalue weighted by Crippen LogP contribution is 2.25. The van der Waals surface area contributed by atoms with Crippen molar-refractivity contribution < 1.29 is 9.59 Å². The standard InChI is InChI=1S/C10H12N2O2S/c1-6(9-5-15-7(2)11-9)12-4-8(13)3-10(12)14/h5-6H,3-4H2,1-2H3. The number of thiazole rings is 1. The first-order chi connectivity index (χ1) is 7.08. The van der Waals surface area contributed by atoms with Crippen molar-refractivity contribution in [2.24, 2.45) is 0 Å². The zero-order valence-electron chi connectivity index (χ0n) is 8.69. The molecule has 80 valence electrons. The van der Waals surface area contributed by atoms with Gasteiger partial charge in [0.2, 0.25) is 5.91 Å². The van der Waals surface area contributed by atoms with Crippen LogP contribution in [0.3, 0.4) is 0 Å². The van der Waals surface area contributed by atoms with Gasteiger partial charge in [-0.25, -0.2) is 4.98 Å². The minimum Gasteiger partial charge on any atom is -0.327 e. The number of carbonyl (C=O) groups is 2. The topological polar surface area (TPSA) is 50.3 Å². The average Bonchev–Trinajstić information content (AvgIpc) is 2.71. The van der Waals surface area contributed by atoms with Gasteiger partial charge < -0.3 is 4.90 Å². The van der Waals surface area contributed by atoms with E-state index in [4.69, 9.17) is 0 Å². The van der Waals surface area contributed by atoms with E-state index in [2.05, 4.69) is 4.98 Å². The minimum atomic E-state index is -0.0890. The van der Waals surface area contributed by atoms with Crippen LogP contribution in [0.2, 0.25) is 0 Å². The summed E-state index contributed by atoms with van der Waals surface area (Å²) >= 11 is 1.56. The van der Waals surface area contributed by atoms with Gasteiger partial charge in [-0.15, -0.1) is 11.3 Å². The van der Waals surface area contributed by atoms with Crippen molar-refractivity contribution >= 4 is 23.0 Å². The zero-order valence-corrected chi connectivity index (χ0v) is 9.50. The molecule has 2 heterocycles. The van der Waals surface area contributed by atoms with Crippen LogP contribution in [0.25, 0.3) is 0 Å².